The van der Waals surface area contributed by atoms with E-state index in [0.29, 0.717) is 0 Å². The van der Waals surface area contributed by atoms with E-state index in [2.05, 4.69) is 0 Å². The van der Waals surface area contributed by atoms with Crippen LogP contribution < -0.4 is 0 Å². The molecule has 5 nitrogen and oxygen atoms in total. The lowest BCUT2D eigenvalue weighted by Gasteiger charge is -1.92. The maximum Gasteiger partial charge on any atom is 0.335 e. The smallest absolute Gasteiger partial charge is 0.335 e. The second-order valence-electron chi connectivity index (χ2n) is 2.11. The third-order valence-corrected chi connectivity index (χ3v) is 1.33. The van der Waals surface area contributed by atoms with Crippen LogP contribution in [-0.4, -0.2) is 16.0 Å². The Labute approximate surface area is 81.1 Å². The Balaban J connectivity index is 0.000000791. The molecular formula is C9H11NO4. The van der Waals surface area contributed by atoms with Crippen LogP contribution >= 0.6 is 0 Å². The first-order valence-electron chi connectivity index (χ1n) is 4.09. The summed E-state index contributed by atoms with van der Waals surface area (Å²) in [6, 6.07) is 4.70. The molecule has 0 aliphatic heterocycles. The normalized spacial score (nSPS) is 8.43. The van der Waals surface area contributed by atoms with Crippen LogP contribution in [0.5, 0.6) is 0 Å². The summed E-state index contributed by atoms with van der Waals surface area (Å²) in [6.07, 6.45) is 0. The Kier molecular flexibility index (Phi) is 4.91. The predicted molar refractivity (Wildman–Crippen MR) is 51.4 cm³/mol. The summed E-state index contributed by atoms with van der Waals surface area (Å²) in [5.74, 6) is -1.09. The number of nitrogens with zero attached hydrogens (tertiary/aromatic N) is 1. The molecule has 5 heteroatoms. The molecule has 1 aromatic carbocycles. The zero-order valence-electron chi connectivity index (χ0n) is 7.93. The van der Waals surface area contributed by atoms with Crippen LogP contribution in [0.3, 0.4) is 0 Å². The van der Waals surface area contributed by atoms with Crippen molar-refractivity contribution in [2.24, 2.45) is 0 Å². The third kappa shape index (κ3) is 3.22. The SMILES string of the molecule is CC.O=C(O)c1ccc([N+](=O)[O-])cc1. The third-order valence-electron chi connectivity index (χ3n) is 1.33. The van der Waals surface area contributed by atoms with E-state index in [1.807, 2.05) is 13.8 Å². The predicted octanol–water partition coefficient (Wildman–Crippen LogP) is 2.32. The molecule has 0 amide bonds. The number of hydrogen-bond acceptors (Lipinski definition) is 3. The number of hydrogen-bond donors (Lipinski definition) is 1. The first-order chi connectivity index (χ1) is 6.61. The fourth-order valence-corrected chi connectivity index (χ4v) is 0.726. The van der Waals surface area contributed by atoms with Gasteiger partial charge in [0.1, 0.15) is 0 Å². The van der Waals surface area contributed by atoms with Gasteiger partial charge in [-0.3, -0.25) is 10.1 Å². The van der Waals surface area contributed by atoms with Crippen molar-refractivity contribution in [1.29, 1.82) is 0 Å². The molecule has 0 fully saturated rings. The van der Waals surface area contributed by atoms with Crippen molar-refractivity contribution in [3.63, 3.8) is 0 Å². The molecule has 0 atom stereocenters. The van der Waals surface area contributed by atoms with Crippen LogP contribution in [0, 0.1) is 10.1 Å². The van der Waals surface area contributed by atoms with Gasteiger partial charge < -0.3 is 5.11 Å². The maximum atomic E-state index is 10.3. The number of carboxylic acid groups (broad SMARTS) is 1. The fourth-order valence-electron chi connectivity index (χ4n) is 0.726. The van der Waals surface area contributed by atoms with Crippen molar-refractivity contribution in [2.75, 3.05) is 0 Å². The van der Waals surface area contributed by atoms with Crippen molar-refractivity contribution < 1.29 is 14.8 Å². The minimum atomic E-state index is -1.09. The van der Waals surface area contributed by atoms with Crippen molar-refractivity contribution in [2.45, 2.75) is 13.8 Å². The lowest BCUT2D eigenvalue weighted by atomic mass is 10.2. The van der Waals surface area contributed by atoms with Crippen molar-refractivity contribution >= 4 is 11.7 Å². The number of rotatable bonds is 2. The molecule has 0 saturated carbocycles. The van der Waals surface area contributed by atoms with Gasteiger partial charge in [0.25, 0.3) is 5.69 Å². The average molecular weight is 197 g/mol. The van der Waals surface area contributed by atoms with Gasteiger partial charge in [0.15, 0.2) is 0 Å². The number of aromatic carboxylic acids is 1. The number of benzene rings is 1. The lowest BCUT2D eigenvalue weighted by molar-refractivity contribution is -0.384. The number of carboxylic acids is 1. The number of nitro benzene ring substituents is 1. The average Bonchev–Trinajstić information content (AvgIpc) is 2.21. The van der Waals surface area contributed by atoms with Gasteiger partial charge in [-0.25, -0.2) is 4.79 Å². The largest absolute Gasteiger partial charge is 0.478 e. The van der Waals surface area contributed by atoms with Crippen molar-refractivity contribution in [1.82, 2.24) is 0 Å². The summed E-state index contributed by atoms with van der Waals surface area (Å²) in [7, 11) is 0. The Morgan fingerprint density at radius 2 is 1.71 bits per heavy atom. The van der Waals surface area contributed by atoms with Gasteiger partial charge in [-0.15, -0.1) is 0 Å². The van der Waals surface area contributed by atoms with Crippen molar-refractivity contribution in [3.8, 4) is 0 Å². The van der Waals surface area contributed by atoms with Crippen LogP contribution in [0.4, 0.5) is 5.69 Å². The van der Waals surface area contributed by atoms with Gasteiger partial charge in [-0.1, -0.05) is 13.8 Å². The highest BCUT2D eigenvalue weighted by Crippen LogP contribution is 2.11. The molecule has 0 unspecified atom stereocenters. The second kappa shape index (κ2) is 5.69. The molecule has 1 aromatic rings. The maximum absolute atomic E-state index is 10.3. The quantitative estimate of drug-likeness (QED) is 0.582. The number of carbonyl (C=O) groups is 1. The molecule has 1 rings (SSSR count). The molecule has 76 valence electrons. The van der Waals surface area contributed by atoms with Crippen molar-refractivity contribution in [3.05, 3.63) is 39.9 Å². The minimum Gasteiger partial charge on any atom is -0.478 e. The topological polar surface area (TPSA) is 80.4 Å². The van der Waals surface area contributed by atoms with E-state index in [1.54, 1.807) is 0 Å². The first-order valence-corrected chi connectivity index (χ1v) is 4.09. The summed E-state index contributed by atoms with van der Waals surface area (Å²) in [5, 5.41) is 18.6. The van der Waals surface area contributed by atoms with Crippen LogP contribution in [0.1, 0.15) is 24.2 Å². The van der Waals surface area contributed by atoms with Crippen LogP contribution in [0.2, 0.25) is 0 Å². The Bertz CT molecular complexity index is 285. The van der Waals surface area contributed by atoms with E-state index in [0.717, 1.165) is 12.1 Å². The van der Waals surface area contributed by atoms with Crippen LogP contribution in [-0.2, 0) is 0 Å². The molecule has 0 saturated heterocycles. The minimum absolute atomic E-state index is 0.0422. The van der Waals surface area contributed by atoms with E-state index in [9.17, 15) is 14.9 Å². The van der Waals surface area contributed by atoms with Gasteiger partial charge in [0, 0.05) is 12.1 Å². The standard InChI is InChI=1S/C7H5NO4.C2H6/c9-7(10)5-1-3-6(4-2-5)8(11)12;1-2/h1-4H,(H,9,10);1-2H3. The van der Waals surface area contributed by atoms with Gasteiger partial charge >= 0.3 is 5.97 Å². The molecule has 14 heavy (non-hydrogen) atoms. The molecule has 0 aliphatic rings. The Hall–Kier alpha value is -1.91. The van der Waals surface area contributed by atoms with Gasteiger partial charge in [-0.05, 0) is 12.1 Å². The summed E-state index contributed by atoms with van der Waals surface area (Å²) in [4.78, 5) is 19.9. The zero-order chi connectivity index (χ0) is 11.1. The molecule has 0 radical (unpaired) electrons. The summed E-state index contributed by atoms with van der Waals surface area (Å²) in [5.41, 5.74) is -0.0689. The molecule has 0 aliphatic carbocycles. The van der Waals surface area contributed by atoms with E-state index in [-0.39, 0.29) is 11.3 Å². The molecule has 0 spiro atoms. The summed E-state index contributed by atoms with van der Waals surface area (Å²) in [6.45, 7) is 4.00. The van der Waals surface area contributed by atoms with E-state index >= 15 is 0 Å². The highest BCUT2D eigenvalue weighted by molar-refractivity contribution is 5.87. The van der Waals surface area contributed by atoms with Crippen LogP contribution in [0.25, 0.3) is 0 Å². The molecule has 0 bridgehead atoms. The fraction of sp³-hybridized carbons (Fsp3) is 0.222. The van der Waals surface area contributed by atoms with E-state index in [1.165, 1.54) is 12.1 Å². The van der Waals surface area contributed by atoms with Crippen LogP contribution in [0.15, 0.2) is 24.3 Å². The number of non-ortho nitro benzene ring substituents is 1. The molecule has 0 aromatic heterocycles. The van der Waals surface area contributed by atoms with Gasteiger partial charge in [-0.2, -0.15) is 0 Å². The Morgan fingerprint density at radius 3 is 2.00 bits per heavy atom. The van der Waals surface area contributed by atoms with Gasteiger partial charge in [0.05, 0.1) is 10.5 Å². The molecule has 1 N–H and O–H groups in total. The summed E-state index contributed by atoms with van der Waals surface area (Å²) < 4.78 is 0. The monoisotopic (exact) mass is 197 g/mol. The zero-order valence-corrected chi connectivity index (χ0v) is 7.93. The summed E-state index contributed by atoms with van der Waals surface area (Å²) >= 11 is 0. The lowest BCUT2D eigenvalue weighted by Crippen LogP contribution is -1.96. The van der Waals surface area contributed by atoms with Gasteiger partial charge in [0.2, 0.25) is 0 Å². The number of nitro groups is 1. The highest BCUT2D eigenvalue weighted by atomic mass is 16.6. The van der Waals surface area contributed by atoms with E-state index < -0.39 is 10.9 Å². The second-order valence-corrected chi connectivity index (χ2v) is 2.11. The molecular weight excluding hydrogens is 186 g/mol. The Morgan fingerprint density at radius 1 is 1.29 bits per heavy atom. The highest BCUT2D eigenvalue weighted by Gasteiger charge is 2.06. The van der Waals surface area contributed by atoms with E-state index in [4.69, 9.17) is 5.11 Å². The molecule has 0 heterocycles. The first kappa shape index (κ1) is 12.1.